The van der Waals surface area contributed by atoms with Gasteiger partial charge in [-0.3, -0.25) is 0 Å². The lowest BCUT2D eigenvalue weighted by atomic mass is 9.89. The van der Waals surface area contributed by atoms with Gasteiger partial charge in [0.05, 0.1) is 24.9 Å². The van der Waals surface area contributed by atoms with E-state index in [0.29, 0.717) is 6.61 Å². The first-order chi connectivity index (χ1) is 10.7. The fourth-order valence-electron chi connectivity index (χ4n) is 2.88. The molecule has 1 saturated heterocycles. The smallest absolute Gasteiger partial charge is 0.112 e. The fourth-order valence-corrected chi connectivity index (χ4v) is 3.71. The summed E-state index contributed by atoms with van der Waals surface area (Å²) in [5.41, 5.74) is 9.85. The molecule has 6 heteroatoms. The quantitative estimate of drug-likeness (QED) is 0.443. The van der Waals surface area contributed by atoms with E-state index in [1.54, 1.807) is 11.8 Å². The normalized spacial score (nSPS) is 31.5. The van der Waals surface area contributed by atoms with Crippen LogP contribution in [0.3, 0.4) is 0 Å². The molecule has 0 amide bonds. The molecule has 0 aliphatic carbocycles. The zero-order valence-electron chi connectivity index (χ0n) is 13.3. The molecule has 2 unspecified atom stereocenters. The van der Waals surface area contributed by atoms with Crippen LogP contribution in [-0.4, -0.2) is 29.9 Å². The van der Waals surface area contributed by atoms with Crippen molar-refractivity contribution in [1.29, 1.82) is 0 Å². The molecule has 0 spiro atoms. The van der Waals surface area contributed by atoms with Gasteiger partial charge < -0.3 is 9.47 Å². The third kappa shape index (κ3) is 3.96. The van der Waals surface area contributed by atoms with Crippen molar-refractivity contribution >= 4 is 11.8 Å². The summed E-state index contributed by atoms with van der Waals surface area (Å²) in [5, 5.41) is 3.95. The Kier molecular flexibility index (Phi) is 6.58. The minimum Gasteiger partial charge on any atom is -0.371 e. The topological polar surface area (TPSA) is 67.2 Å². The molecule has 120 valence electrons. The minimum atomic E-state index is -0.205. The Morgan fingerprint density at radius 2 is 2.09 bits per heavy atom. The first kappa shape index (κ1) is 17.2. The molecule has 22 heavy (non-hydrogen) atoms. The van der Waals surface area contributed by atoms with Gasteiger partial charge in [0, 0.05) is 4.91 Å². The van der Waals surface area contributed by atoms with Crippen LogP contribution in [0.25, 0.3) is 10.4 Å². The maximum atomic E-state index is 8.82. The van der Waals surface area contributed by atoms with Crippen molar-refractivity contribution in [1.82, 2.24) is 0 Å². The number of ether oxygens (including phenoxy) is 2. The Morgan fingerprint density at radius 1 is 1.36 bits per heavy atom. The molecule has 1 aromatic carbocycles. The summed E-state index contributed by atoms with van der Waals surface area (Å²) in [4.78, 5) is 2.99. The van der Waals surface area contributed by atoms with Crippen molar-refractivity contribution in [2.45, 2.75) is 50.6 Å². The molecular formula is C16H23N3O2S. The lowest BCUT2D eigenvalue weighted by Gasteiger charge is -2.43. The van der Waals surface area contributed by atoms with Crippen LogP contribution in [0.15, 0.2) is 35.4 Å². The van der Waals surface area contributed by atoms with E-state index in [-0.39, 0.29) is 29.6 Å². The van der Waals surface area contributed by atoms with Gasteiger partial charge in [0.1, 0.15) is 5.44 Å². The largest absolute Gasteiger partial charge is 0.371 e. The van der Waals surface area contributed by atoms with Crippen LogP contribution in [0.1, 0.15) is 25.8 Å². The van der Waals surface area contributed by atoms with E-state index < -0.39 is 0 Å². The number of benzene rings is 1. The highest BCUT2D eigenvalue weighted by molar-refractivity contribution is 7.99. The molecule has 0 radical (unpaired) electrons. The number of hydrogen-bond donors (Lipinski definition) is 0. The van der Waals surface area contributed by atoms with Crippen LogP contribution in [0.5, 0.6) is 0 Å². The number of azide groups is 1. The second-order valence-corrected chi connectivity index (χ2v) is 6.44. The van der Waals surface area contributed by atoms with Gasteiger partial charge in [0.2, 0.25) is 0 Å². The van der Waals surface area contributed by atoms with Crippen molar-refractivity contribution < 1.29 is 9.47 Å². The summed E-state index contributed by atoms with van der Waals surface area (Å²) < 4.78 is 12.2. The second kappa shape index (κ2) is 8.44. The van der Waals surface area contributed by atoms with Crippen molar-refractivity contribution in [3.63, 3.8) is 0 Å². The third-order valence-electron chi connectivity index (χ3n) is 4.12. The Labute approximate surface area is 136 Å². The van der Waals surface area contributed by atoms with E-state index in [9.17, 15) is 0 Å². The van der Waals surface area contributed by atoms with Crippen molar-refractivity contribution in [2.24, 2.45) is 11.0 Å². The van der Waals surface area contributed by atoms with Gasteiger partial charge in [0.15, 0.2) is 0 Å². The molecule has 5 atom stereocenters. The van der Waals surface area contributed by atoms with E-state index in [1.165, 1.54) is 0 Å². The fraction of sp³-hybridized carbons (Fsp3) is 0.625. The zero-order chi connectivity index (χ0) is 15.9. The van der Waals surface area contributed by atoms with Crippen molar-refractivity contribution in [3.05, 3.63) is 46.3 Å². The summed E-state index contributed by atoms with van der Waals surface area (Å²) >= 11 is 1.59. The first-order valence-corrected chi connectivity index (χ1v) is 8.88. The molecule has 1 aliphatic heterocycles. The second-order valence-electron chi connectivity index (χ2n) is 5.50. The predicted molar refractivity (Wildman–Crippen MR) is 89.6 cm³/mol. The number of thioether (sulfide) groups is 1. The zero-order valence-corrected chi connectivity index (χ0v) is 14.1. The van der Waals surface area contributed by atoms with Gasteiger partial charge in [-0.2, -0.15) is 0 Å². The van der Waals surface area contributed by atoms with Crippen LogP contribution in [0, 0.1) is 5.92 Å². The average Bonchev–Trinajstić information content (AvgIpc) is 2.56. The van der Waals surface area contributed by atoms with Crippen molar-refractivity contribution in [3.8, 4) is 0 Å². The minimum absolute atomic E-state index is 0.0290. The standard InChI is InChI=1S/C16H23N3O2S/c1-4-13-15(20-10-12-8-6-5-7-9-12)11(2)14(18-19-17)16(21-13)22-3/h5-9,11,13-16H,4,10H2,1-3H3/t11-,13?,14+,15-,16?/m1/s1. The van der Waals surface area contributed by atoms with E-state index in [0.717, 1.165) is 12.0 Å². The highest BCUT2D eigenvalue weighted by atomic mass is 32.2. The Bertz CT molecular complexity index is 507. The van der Waals surface area contributed by atoms with Crippen LogP contribution >= 0.6 is 11.8 Å². The molecule has 0 N–H and O–H groups in total. The molecular weight excluding hydrogens is 298 g/mol. The summed E-state index contributed by atoms with van der Waals surface area (Å²) in [6, 6.07) is 9.89. The molecule has 2 rings (SSSR count). The number of rotatable bonds is 6. The predicted octanol–water partition coefficient (Wildman–Crippen LogP) is 4.38. The highest BCUT2D eigenvalue weighted by Gasteiger charge is 2.42. The molecule has 1 fully saturated rings. The van der Waals surface area contributed by atoms with Gasteiger partial charge in [0.25, 0.3) is 0 Å². The SMILES string of the molecule is CCC1OC(SC)[C@@H](N=[N+]=[N-])[C@@H](C)[C@H]1OCc1ccccc1. The summed E-state index contributed by atoms with van der Waals surface area (Å²) in [6.07, 6.45) is 2.82. The van der Waals surface area contributed by atoms with Crippen LogP contribution < -0.4 is 0 Å². The van der Waals surface area contributed by atoms with Crippen LogP contribution in [0.4, 0.5) is 0 Å². The van der Waals surface area contributed by atoms with E-state index in [1.807, 2.05) is 36.6 Å². The third-order valence-corrected chi connectivity index (χ3v) is 4.97. The van der Waals surface area contributed by atoms with E-state index >= 15 is 0 Å². The monoisotopic (exact) mass is 321 g/mol. The summed E-state index contributed by atoms with van der Waals surface area (Å²) in [5.74, 6) is 0.121. The molecule has 1 heterocycles. The number of hydrogen-bond acceptors (Lipinski definition) is 4. The molecule has 0 bridgehead atoms. The maximum absolute atomic E-state index is 8.82. The van der Waals surface area contributed by atoms with Gasteiger partial charge in [-0.05, 0) is 29.7 Å². The van der Waals surface area contributed by atoms with Crippen LogP contribution in [0.2, 0.25) is 0 Å². The lowest BCUT2D eigenvalue weighted by Crippen LogP contribution is -2.51. The van der Waals surface area contributed by atoms with Crippen LogP contribution in [-0.2, 0) is 16.1 Å². The summed E-state index contributed by atoms with van der Waals surface area (Å²) in [6.45, 7) is 4.73. The first-order valence-electron chi connectivity index (χ1n) is 7.59. The van der Waals surface area contributed by atoms with Gasteiger partial charge in [-0.25, -0.2) is 0 Å². The van der Waals surface area contributed by atoms with Gasteiger partial charge in [-0.15, -0.1) is 11.8 Å². The highest BCUT2D eigenvalue weighted by Crippen LogP contribution is 2.36. The molecule has 1 aliphatic rings. The van der Waals surface area contributed by atoms with Gasteiger partial charge in [-0.1, -0.05) is 49.3 Å². The average molecular weight is 321 g/mol. The van der Waals surface area contributed by atoms with E-state index in [2.05, 4.69) is 23.9 Å². The maximum Gasteiger partial charge on any atom is 0.112 e. The lowest BCUT2D eigenvalue weighted by molar-refractivity contribution is -0.153. The molecule has 0 aromatic heterocycles. The number of nitrogens with zero attached hydrogens (tertiary/aromatic N) is 3. The molecule has 1 aromatic rings. The summed E-state index contributed by atoms with van der Waals surface area (Å²) in [7, 11) is 0. The molecule has 5 nitrogen and oxygen atoms in total. The Hall–Kier alpha value is -1.20. The van der Waals surface area contributed by atoms with Crippen molar-refractivity contribution in [2.75, 3.05) is 6.26 Å². The van der Waals surface area contributed by atoms with Gasteiger partial charge >= 0.3 is 0 Å². The van der Waals surface area contributed by atoms with E-state index in [4.69, 9.17) is 15.0 Å². The molecule has 0 saturated carbocycles. The Morgan fingerprint density at radius 3 is 2.68 bits per heavy atom. The Balaban J connectivity index is 2.10.